The second-order valence-corrected chi connectivity index (χ2v) is 7.83. The first-order chi connectivity index (χ1) is 7.33. The Labute approximate surface area is 111 Å². The minimum absolute atomic E-state index is 0.272. The molecule has 1 unspecified atom stereocenters. The highest BCUT2D eigenvalue weighted by molar-refractivity contribution is 9.11. The van der Waals surface area contributed by atoms with E-state index in [9.17, 15) is 0 Å². The second-order valence-electron chi connectivity index (χ2n) is 5.42. The van der Waals surface area contributed by atoms with Gasteiger partial charge in [-0.3, -0.25) is 11.3 Å². The fraction of sp³-hybridized carbons (Fsp3) is 0.667. The zero-order valence-electron chi connectivity index (χ0n) is 10.4. The summed E-state index contributed by atoms with van der Waals surface area (Å²) in [5, 5.41) is 0. The molecule has 92 valence electrons. The number of thiophene rings is 1. The lowest BCUT2D eigenvalue weighted by molar-refractivity contribution is 0.335. The second kappa shape index (κ2) is 5.63. The van der Waals surface area contributed by atoms with Crippen LogP contribution >= 0.6 is 27.3 Å². The van der Waals surface area contributed by atoms with Gasteiger partial charge in [0, 0.05) is 4.88 Å². The molecule has 0 bridgehead atoms. The number of hydrogen-bond donors (Lipinski definition) is 2. The van der Waals surface area contributed by atoms with Crippen molar-refractivity contribution in [2.45, 2.75) is 46.6 Å². The Morgan fingerprint density at radius 1 is 1.50 bits per heavy atom. The number of hydrazine groups is 1. The minimum atomic E-state index is 0.272. The van der Waals surface area contributed by atoms with Crippen LogP contribution in [-0.2, 0) is 0 Å². The Morgan fingerprint density at radius 3 is 2.50 bits per heavy atom. The van der Waals surface area contributed by atoms with Crippen LogP contribution in [0.1, 0.15) is 50.1 Å². The molecule has 0 amide bonds. The number of nitrogens with two attached hydrogens (primary N) is 1. The molecule has 0 aliphatic carbocycles. The quantitative estimate of drug-likeness (QED) is 0.648. The molecule has 2 nitrogen and oxygen atoms in total. The van der Waals surface area contributed by atoms with Crippen LogP contribution in [0.5, 0.6) is 0 Å². The van der Waals surface area contributed by atoms with Gasteiger partial charge < -0.3 is 0 Å². The average Bonchev–Trinajstić information content (AvgIpc) is 2.46. The van der Waals surface area contributed by atoms with E-state index < -0.39 is 0 Å². The predicted molar refractivity (Wildman–Crippen MR) is 75.5 cm³/mol. The third-order valence-electron chi connectivity index (χ3n) is 2.60. The van der Waals surface area contributed by atoms with E-state index in [2.05, 4.69) is 55.1 Å². The molecule has 4 heteroatoms. The lowest BCUT2D eigenvalue weighted by atomic mass is 9.88. The highest BCUT2D eigenvalue weighted by Gasteiger charge is 2.18. The zero-order chi connectivity index (χ0) is 12.3. The molecule has 1 rings (SSSR count). The molecule has 0 saturated heterocycles. The first-order valence-electron chi connectivity index (χ1n) is 5.55. The fourth-order valence-corrected chi connectivity index (χ4v) is 3.21. The fourth-order valence-electron chi connectivity index (χ4n) is 1.54. The lowest BCUT2D eigenvalue weighted by Gasteiger charge is -2.22. The molecule has 0 fully saturated rings. The predicted octanol–water partition coefficient (Wildman–Crippen LogP) is 4.15. The maximum atomic E-state index is 5.63. The summed E-state index contributed by atoms with van der Waals surface area (Å²) in [6, 6.07) is 2.48. The summed E-state index contributed by atoms with van der Waals surface area (Å²) in [4.78, 5) is 1.32. The van der Waals surface area contributed by atoms with Gasteiger partial charge in [0.05, 0.1) is 9.83 Å². The van der Waals surface area contributed by atoms with Crippen molar-refractivity contribution in [1.29, 1.82) is 0 Å². The number of nitrogens with one attached hydrogen (secondary N) is 1. The van der Waals surface area contributed by atoms with Crippen LogP contribution in [-0.4, -0.2) is 0 Å². The van der Waals surface area contributed by atoms with E-state index in [-0.39, 0.29) is 6.04 Å². The van der Waals surface area contributed by atoms with Crippen LogP contribution in [0.4, 0.5) is 0 Å². The Bertz CT molecular complexity index is 322. The monoisotopic (exact) mass is 304 g/mol. The van der Waals surface area contributed by atoms with Gasteiger partial charge in [0.25, 0.3) is 0 Å². The van der Waals surface area contributed by atoms with Crippen LogP contribution in [0.15, 0.2) is 9.85 Å². The number of hydrogen-bond acceptors (Lipinski definition) is 3. The van der Waals surface area contributed by atoms with Crippen molar-refractivity contribution < 1.29 is 0 Å². The molecule has 1 heterocycles. The van der Waals surface area contributed by atoms with E-state index in [4.69, 9.17) is 5.84 Å². The number of halogens is 1. The molecule has 0 radical (unpaired) electrons. The smallest absolute Gasteiger partial charge is 0.0731 e. The van der Waals surface area contributed by atoms with Crippen LogP contribution in [0.2, 0.25) is 0 Å². The van der Waals surface area contributed by atoms with Gasteiger partial charge in [-0.1, -0.05) is 20.8 Å². The number of aryl methyl sites for hydroxylation is 1. The summed E-state index contributed by atoms with van der Waals surface area (Å²) in [7, 11) is 0. The van der Waals surface area contributed by atoms with Gasteiger partial charge in [0.2, 0.25) is 0 Å². The average molecular weight is 305 g/mol. The highest BCUT2D eigenvalue weighted by Crippen LogP contribution is 2.34. The van der Waals surface area contributed by atoms with Crippen LogP contribution in [0, 0.1) is 12.3 Å². The molecule has 0 aliphatic heterocycles. The molecule has 0 spiro atoms. The van der Waals surface area contributed by atoms with Crippen molar-refractivity contribution in [1.82, 2.24) is 5.43 Å². The standard InChI is InChI=1S/C12H21BrN2S/c1-8-7-10(16-11(8)13)9(15-14)5-6-12(2,3)4/h7,9,15H,5-6,14H2,1-4H3. The Morgan fingerprint density at radius 2 is 2.12 bits per heavy atom. The van der Waals surface area contributed by atoms with Gasteiger partial charge in [0.1, 0.15) is 0 Å². The van der Waals surface area contributed by atoms with Gasteiger partial charge in [-0.05, 0) is 52.7 Å². The van der Waals surface area contributed by atoms with E-state index in [0.29, 0.717) is 5.41 Å². The van der Waals surface area contributed by atoms with Crippen molar-refractivity contribution in [3.05, 3.63) is 20.3 Å². The van der Waals surface area contributed by atoms with Crippen LogP contribution in [0.25, 0.3) is 0 Å². The molecule has 1 aromatic rings. The van der Waals surface area contributed by atoms with E-state index in [0.717, 1.165) is 12.8 Å². The third-order valence-corrected chi connectivity index (χ3v) is 4.85. The SMILES string of the molecule is Cc1cc(C(CCC(C)(C)C)NN)sc1Br. The summed E-state index contributed by atoms with van der Waals surface area (Å²) >= 11 is 5.33. The van der Waals surface area contributed by atoms with Gasteiger partial charge in [-0.25, -0.2) is 0 Å². The van der Waals surface area contributed by atoms with Gasteiger partial charge in [-0.2, -0.15) is 0 Å². The van der Waals surface area contributed by atoms with Crippen LogP contribution in [0.3, 0.4) is 0 Å². The van der Waals surface area contributed by atoms with Gasteiger partial charge in [-0.15, -0.1) is 11.3 Å². The van der Waals surface area contributed by atoms with E-state index in [1.807, 2.05) is 0 Å². The molecule has 1 atom stereocenters. The highest BCUT2D eigenvalue weighted by atomic mass is 79.9. The first kappa shape index (κ1) is 14.2. The molecule has 1 aromatic heterocycles. The van der Waals surface area contributed by atoms with Crippen LogP contribution < -0.4 is 11.3 Å². The molecule has 3 N–H and O–H groups in total. The largest absolute Gasteiger partial charge is 0.271 e. The topological polar surface area (TPSA) is 38.0 Å². The molecular formula is C12H21BrN2S. The Balaban J connectivity index is 2.68. The summed E-state index contributed by atoms with van der Waals surface area (Å²) in [5.41, 5.74) is 4.57. The van der Waals surface area contributed by atoms with E-state index in [1.54, 1.807) is 11.3 Å². The van der Waals surface area contributed by atoms with Crippen molar-refractivity contribution in [3.8, 4) is 0 Å². The summed E-state index contributed by atoms with van der Waals surface area (Å²) < 4.78 is 1.21. The first-order valence-corrected chi connectivity index (χ1v) is 7.16. The maximum absolute atomic E-state index is 5.63. The molecule has 0 saturated carbocycles. The molecule has 16 heavy (non-hydrogen) atoms. The van der Waals surface area contributed by atoms with Gasteiger partial charge >= 0.3 is 0 Å². The Kier molecular flexibility index (Phi) is 4.98. The van der Waals surface area contributed by atoms with Gasteiger partial charge in [0.15, 0.2) is 0 Å². The minimum Gasteiger partial charge on any atom is -0.271 e. The van der Waals surface area contributed by atoms with Crippen molar-refractivity contribution in [2.24, 2.45) is 11.3 Å². The zero-order valence-corrected chi connectivity index (χ0v) is 12.8. The molecule has 0 aromatic carbocycles. The molecule has 0 aliphatic rings. The Hall–Kier alpha value is 0.100. The summed E-state index contributed by atoms with van der Waals surface area (Å²) in [6.07, 6.45) is 2.24. The van der Waals surface area contributed by atoms with Crippen molar-refractivity contribution >= 4 is 27.3 Å². The third kappa shape index (κ3) is 4.17. The normalized spacial score (nSPS) is 14.1. The summed E-state index contributed by atoms with van der Waals surface area (Å²) in [6.45, 7) is 8.89. The van der Waals surface area contributed by atoms with E-state index >= 15 is 0 Å². The maximum Gasteiger partial charge on any atom is 0.0731 e. The number of rotatable bonds is 4. The van der Waals surface area contributed by atoms with Crippen molar-refractivity contribution in [3.63, 3.8) is 0 Å². The molecular weight excluding hydrogens is 284 g/mol. The van der Waals surface area contributed by atoms with Crippen molar-refractivity contribution in [2.75, 3.05) is 0 Å². The van der Waals surface area contributed by atoms with E-state index in [1.165, 1.54) is 14.2 Å². The summed E-state index contributed by atoms with van der Waals surface area (Å²) in [5.74, 6) is 5.63. The lowest BCUT2D eigenvalue weighted by Crippen LogP contribution is -2.28.